The van der Waals surface area contributed by atoms with Gasteiger partial charge < -0.3 is 29.6 Å². The predicted octanol–water partition coefficient (Wildman–Crippen LogP) is 4.30. The van der Waals surface area contributed by atoms with Crippen LogP contribution < -0.4 is 15.0 Å². The zero-order valence-corrected chi connectivity index (χ0v) is 24.6. The maximum Gasteiger partial charge on any atom is 0.337 e. The number of anilines is 3. The number of hydrogen-bond acceptors (Lipinski definition) is 9. The molecule has 2 fully saturated rings. The molecule has 0 amide bonds. The van der Waals surface area contributed by atoms with E-state index in [4.69, 9.17) is 19.4 Å². The van der Waals surface area contributed by atoms with Crippen LogP contribution in [0.1, 0.15) is 34.6 Å². The van der Waals surface area contributed by atoms with Gasteiger partial charge >= 0.3 is 5.97 Å². The fraction of sp³-hybridized carbons (Fsp3) is 0.406. The number of H-pyrrole nitrogens is 1. The second-order valence-corrected chi connectivity index (χ2v) is 11.2. The highest BCUT2D eigenvalue weighted by Gasteiger charge is 2.27. The number of carbonyl (C=O) groups is 1. The minimum absolute atomic E-state index is 0.387. The van der Waals surface area contributed by atoms with Crippen molar-refractivity contribution in [2.24, 2.45) is 0 Å². The number of ether oxygens (including phenoxy) is 2. The van der Waals surface area contributed by atoms with Crippen LogP contribution in [-0.4, -0.2) is 97.3 Å². The van der Waals surface area contributed by atoms with E-state index in [0.29, 0.717) is 29.7 Å². The molecule has 42 heavy (non-hydrogen) atoms. The molecule has 2 aromatic carbocycles. The summed E-state index contributed by atoms with van der Waals surface area (Å²) in [5.41, 5.74) is 5.03. The lowest BCUT2D eigenvalue weighted by molar-refractivity contribution is 0.0601. The highest BCUT2D eigenvalue weighted by Crippen LogP contribution is 2.31. The maximum atomic E-state index is 12.0. The van der Waals surface area contributed by atoms with E-state index >= 15 is 0 Å². The predicted molar refractivity (Wildman–Crippen MR) is 165 cm³/mol. The van der Waals surface area contributed by atoms with Gasteiger partial charge in [-0.25, -0.2) is 14.8 Å². The Hall–Kier alpha value is -4.15. The monoisotopic (exact) mass is 569 g/mol. The Balaban J connectivity index is 1.17. The number of rotatable bonds is 8. The molecule has 10 heteroatoms. The highest BCUT2D eigenvalue weighted by molar-refractivity contribution is 5.92. The molecule has 2 saturated heterocycles. The summed E-state index contributed by atoms with van der Waals surface area (Å²) in [6.45, 7) is 6.80. The van der Waals surface area contributed by atoms with Gasteiger partial charge in [0.25, 0.3) is 0 Å². The number of piperidine rings is 1. The molecule has 0 saturated carbocycles. The molecule has 2 aliphatic heterocycles. The summed E-state index contributed by atoms with van der Waals surface area (Å²) in [6, 6.07) is 16.3. The first-order valence-corrected chi connectivity index (χ1v) is 14.6. The smallest absolute Gasteiger partial charge is 0.337 e. The van der Waals surface area contributed by atoms with Gasteiger partial charge in [-0.1, -0.05) is 12.1 Å². The van der Waals surface area contributed by atoms with Gasteiger partial charge in [0.15, 0.2) is 5.82 Å². The van der Waals surface area contributed by atoms with Gasteiger partial charge in [-0.2, -0.15) is 0 Å². The number of nitrogens with one attached hydrogen (secondary N) is 2. The number of benzene rings is 2. The molecule has 0 atom stereocenters. The quantitative estimate of drug-likeness (QED) is 0.301. The van der Waals surface area contributed by atoms with Crippen molar-refractivity contribution in [3.05, 3.63) is 71.7 Å². The number of aromatic amines is 1. The molecule has 2 N–H and O–H groups in total. The lowest BCUT2D eigenvalue weighted by Gasteiger charge is -2.42. The number of fused-ring (bicyclic) bond motifs is 1. The van der Waals surface area contributed by atoms with Crippen LogP contribution >= 0.6 is 0 Å². The van der Waals surface area contributed by atoms with Crippen molar-refractivity contribution in [1.82, 2.24) is 24.8 Å². The Morgan fingerprint density at radius 1 is 1.00 bits per heavy atom. The Kier molecular flexibility index (Phi) is 8.25. The summed E-state index contributed by atoms with van der Waals surface area (Å²) in [6.07, 6.45) is 4.75. The first-order valence-electron chi connectivity index (χ1n) is 14.6. The average molecular weight is 570 g/mol. The Labute approximate surface area is 246 Å². The van der Waals surface area contributed by atoms with Crippen LogP contribution in [0.15, 0.2) is 54.7 Å². The van der Waals surface area contributed by atoms with E-state index in [1.807, 2.05) is 24.4 Å². The molecule has 220 valence electrons. The number of piperazine rings is 1. The van der Waals surface area contributed by atoms with Gasteiger partial charge in [-0.3, -0.25) is 4.90 Å². The van der Waals surface area contributed by atoms with Gasteiger partial charge in [0.1, 0.15) is 17.1 Å². The second kappa shape index (κ2) is 12.4. The number of likely N-dealkylation sites (N-methyl/N-ethyl adjacent to an activating group) is 1. The van der Waals surface area contributed by atoms with Crippen molar-refractivity contribution in [2.75, 3.05) is 70.8 Å². The fourth-order valence-corrected chi connectivity index (χ4v) is 6.06. The van der Waals surface area contributed by atoms with E-state index in [-0.39, 0.29) is 5.97 Å². The van der Waals surface area contributed by atoms with E-state index in [2.05, 4.69) is 50.2 Å². The lowest BCUT2D eigenvalue weighted by Crippen LogP contribution is -2.52. The van der Waals surface area contributed by atoms with E-state index in [0.717, 1.165) is 41.1 Å². The van der Waals surface area contributed by atoms with Crippen LogP contribution in [0.4, 0.5) is 17.2 Å². The summed E-state index contributed by atoms with van der Waals surface area (Å²) >= 11 is 0. The standard InChI is InChI=1S/C32H39N7O3/c1-37-15-17-39(18-16-37)25-10-13-38(14-11-25)26-8-7-22(28(21-26)41-2)20-29-35-27-9-12-33-30(27)31(36-29)34-24-6-4-5-23(19-24)32(40)42-3/h4-9,12,19,21,25,33H,10-11,13-18,20H2,1-3H3,(H,34,35,36). The van der Waals surface area contributed by atoms with Crippen molar-refractivity contribution in [1.29, 1.82) is 0 Å². The zero-order chi connectivity index (χ0) is 29.1. The molecule has 4 heterocycles. The van der Waals surface area contributed by atoms with Crippen molar-refractivity contribution in [3.63, 3.8) is 0 Å². The minimum Gasteiger partial charge on any atom is -0.496 e. The van der Waals surface area contributed by atoms with Gasteiger partial charge in [-0.05, 0) is 50.2 Å². The molecule has 0 aliphatic carbocycles. The highest BCUT2D eigenvalue weighted by atomic mass is 16.5. The minimum atomic E-state index is -0.387. The van der Waals surface area contributed by atoms with Crippen molar-refractivity contribution in [2.45, 2.75) is 25.3 Å². The number of methoxy groups -OCH3 is 2. The Morgan fingerprint density at radius 3 is 2.57 bits per heavy atom. The Bertz CT molecular complexity index is 1540. The summed E-state index contributed by atoms with van der Waals surface area (Å²) in [5, 5.41) is 3.35. The van der Waals surface area contributed by atoms with E-state index in [9.17, 15) is 4.79 Å². The van der Waals surface area contributed by atoms with Gasteiger partial charge in [0, 0.05) is 80.9 Å². The number of hydrogen-bond donors (Lipinski definition) is 2. The van der Waals surface area contributed by atoms with Crippen LogP contribution in [0, 0.1) is 0 Å². The molecule has 0 radical (unpaired) electrons. The topological polar surface area (TPSA) is 98.8 Å². The SMILES string of the molecule is COC(=O)c1cccc(Nc2nc(Cc3ccc(N4CCC(N5CCN(C)CC5)CC4)cc3OC)nc3cc[nH]c23)c1. The van der Waals surface area contributed by atoms with Gasteiger partial charge in [0.05, 0.1) is 25.3 Å². The summed E-state index contributed by atoms with van der Waals surface area (Å²) in [4.78, 5) is 32.5. The van der Waals surface area contributed by atoms with Crippen molar-refractivity contribution in [3.8, 4) is 5.75 Å². The van der Waals surface area contributed by atoms with E-state index in [1.54, 1.807) is 19.2 Å². The van der Waals surface area contributed by atoms with Crippen LogP contribution in [-0.2, 0) is 11.2 Å². The zero-order valence-electron chi connectivity index (χ0n) is 24.6. The molecule has 10 nitrogen and oxygen atoms in total. The largest absolute Gasteiger partial charge is 0.496 e. The van der Waals surface area contributed by atoms with Crippen LogP contribution in [0.2, 0.25) is 0 Å². The summed E-state index contributed by atoms with van der Waals surface area (Å²) in [7, 11) is 5.31. The summed E-state index contributed by atoms with van der Waals surface area (Å²) < 4.78 is 10.7. The molecule has 0 bridgehead atoms. The summed E-state index contributed by atoms with van der Waals surface area (Å²) in [5.74, 6) is 1.77. The number of esters is 1. The number of nitrogens with zero attached hydrogens (tertiary/aromatic N) is 5. The van der Waals surface area contributed by atoms with Gasteiger partial charge in [-0.15, -0.1) is 0 Å². The number of carbonyl (C=O) groups excluding carboxylic acids is 1. The molecular formula is C32H39N7O3. The van der Waals surface area contributed by atoms with E-state index < -0.39 is 0 Å². The number of aromatic nitrogens is 3. The van der Waals surface area contributed by atoms with Crippen LogP contribution in [0.25, 0.3) is 11.0 Å². The fourth-order valence-electron chi connectivity index (χ4n) is 6.06. The van der Waals surface area contributed by atoms with Crippen LogP contribution in [0.5, 0.6) is 5.75 Å². The van der Waals surface area contributed by atoms with Crippen molar-refractivity contribution >= 4 is 34.2 Å². The van der Waals surface area contributed by atoms with Gasteiger partial charge in [0.2, 0.25) is 0 Å². The lowest BCUT2D eigenvalue weighted by atomic mass is 10.0. The third kappa shape index (κ3) is 6.05. The molecule has 6 rings (SSSR count). The third-order valence-electron chi connectivity index (χ3n) is 8.50. The molecule has 2 aromatic heterocycles. The molecule has 0 unspecified atom stereocenters. The average Bonchev–Trinajstić information content (AvgIpc) is 3.51. The maximum absolute atomic E-state index is 12.0. The molecule has 0 spiro atoms. The normalized spacial score (nSPS) is 17.0. The third-order valence-corrected chi connectivity index (χ3v) is 8.50. The first-order chi connectivity index (χ1) is 20.5. The van der Waals surface area contributed by atoms with Crippen molar-refractivity contribution < 1.29 is 14.3 Å². The van der Waals surface area contributed by atoms with Crippen LogP contribution in [0.3, 0.4) is 0 Å². The Morgan fingerprint density at radius 2 is 1.81 bits per heavy atom. The first kappa shape index (κ1) is 28.0. The second-order valence-electron chi connectivity index (χ2n) is 11.2. The van der Waals surface area contributed by atoms with E-state index in [1.165, 1.54) is 51.8 Å². The molecular weight excluding hydrogens is 530 g/mol. The molecule has 2 aliphatic rings. The molecule has 4 aromatic rings.